The van der Waals surface area contributed by atoms with Crippen molar-refractivity contribution in [3.8, 4) is 0 Å². The molecule has 0 atom stereocenters. The number of hydrogen-bond acceptors (Lipinski definition) is 1. The second-order valence-corrected chi connectivity index (χ2v) is 4.10. The molecule has 0 aromatic heterocycles. The summed E-state index contributed by atoms with van der Waals surface area (Å²) in [7, 11) is 0. The first-order valence-electron chi connectivity index (χ1n) is 5.13. The van der Waals surface area contributed by atoms with Crippen LogP contribution in [0.5, 0.6) is 0 Å². The molecule has 0 saturated heterocycles. The summed E-state index contributed by atoms with van der Waals surface area (Å²) in [4.78, 5) is 0. The first kappa shape index (κ1) is 8.61. The maximum atomic E-state index is 5.73. The van der Waals surface area contributed by atoms with Gasteiger partial charge in [0.2, 0.25) is 0 Å². The van der Waals surface area contributed by atoms with Gasteiger partial charge in [0.05, 0.1) is 0 Å². The Morgan fingerprint density at radius 3 is 2.54 bits per heavy atom. The van der Waals surface area contributed by atoms with Crippen LogP contribution in [-0.2, 0) is 0 Å². The summed E-state index contributed by atoms with van der Waals surface area (Å²) in [5.41, 5.74) is 9.50. The summed E-state index contributed by atoms with van der Waals surface area (Å²) in [5.74, 6) is 0.806. The van der Waals surface area contributed by atoms with Crippen molar-refractivity contribution >= 4 is 5.69 Å². The maximum Gasteiger partial charge on any atom is 0.0316 e. The van der Waals surface area contributed by atoms with Crippen LogP contribution in [0.15, 0.2) is 18.2 Å². The van der Waals surface area contributed by atoms with Crippen LogP contribution in [0.1, 0.15) is 42.7 Å². The van der Waals surface area contributed by atoms with E-state index in [1.54, 1.807) is 0 Å². The summed E-state index contributed by atoms with van der Waals surface area (Å²) >= 11 is 0. The highest BCUT2D eigenvalue weighted by molar-refractivity contribution is 5.45. The Balaban J connectivity index is 2.29. The van der Waals surface area contributed by atoms with Crippen molar-refractivity contribution in [1.82, 2.24) is 0 Å². The fourth-order valence-corrected chi connectivity index (χ4v) is 2.39. The van der Waals surface area contributed by atoms with E-state index in [0.29, 0.717) is 0 Å². The number of benzene rings is 1. The molecule has 1 fully saturated rings. The number of aryl methyl sites for hydroxylation is 1. The summed E-state index contributed by atoms with van der Waals surface area (Å²) in [6, 6.07) is 6.33. The third kappa shape index (κ3) is 1.69. The Bertz CT molecular complexity index is 298. The van der Waals surface area contributed by atoms with Crippen molar-refractivity contribution in [2.24, 2.45) is 0 Å². The first-order valence-corrected chi connectivity index (χ1v) is 5.13. The van der Waals surface area contributed by atoms with E-state index in [0.717, 1.165) is 11.6 Å². The van der Waals surface area contributed by atoms with Gasteiger partial charge < -0.3 is 5.73 Å². The minimum absolute atomic E-state index is 0.806. The zero-order chi connectivity index (χ0) is 9.26. The van der Waals surface area contributed by atoms with E-state index in [1.807, 2.05) is 6.07 Å². The number of nitrogen functional groups attached to an aromatic ring is 1. The number of nitrogens with two attached hydrogens (primary N) is 1. The highest BCUT2D eigenvalue weighted by Crippen LogP contribution is 2.35. The van der Waals surface area contributed by atoms with Crippen molar-refractivity contribution in [3.05, 3.63) is 29.3 Å². The molecule has 0 heterocycles. The zero-order valence-corrected chi connectivity index (χ0v) is 8.22. The van der Waals surface area contributed by atoms with Crippen LogP contribution in [-0.4, -0.2) is 0 Å². The van der Waals surface area contributed by atoms with Gasteiger partial charge in [-0.2, -0.15) is 0 Å². The second-order valence-electron chi connectivity index (χ2n) is 4.10. The molecule has 1 aliphatic rings. The lowest BCUT2D eigenvalue weighted by Gasteiger charge is -2.13. The van der Waals surface area contributed by atoms with Crippen LogP contribution < -0.4 is 5.73 Å². The van der Waals surface area contributed by atoms with Gasteiger partial charge >= 0.3 is 0 Å². The van der Waals surface area contributed by atoms with E-state index < -0.39 is 0 Å². The van der Waals surface area contributed by atoms with E-state index in [4.69, 9.17) is 5.73 Å². The van der Waals surface area contributed by atoms with Gasteiger partial charge in [-0.15, -0.1) is 0 Å². The van der Waals surface area contributed by atoms with E-state index in [9.17, 15) is 0 Å². The van der Waals surface area contributed by atoms with E-state index in [-0.39, 0.29) is 0 Å². The molecule has 1 heteroatoms. The Hall–Kier alpha value is -0.980. The van der Waals surface area contributed by atoms with Gasteiger partial charge in [0, 0.05) is 5.69 Å². The number of anilines is 1. The summed E-state index contributed by atoms with van der Waals surface area (Å²) in [5, 5.41) is 0. The molecule has 2 rings (SSSR count). The highest BCUT2D eigenvalue weighted by atomic mass is 14.5. The van der Waals surface area contributed by atoms with Crippen molar-refractivity contribution < 1.29 is 0 Å². The minimum Gasteiger partial charge on any atom is -0.399 e. The molecule has 70 valence electrons. The highest BCUT2D eigenvalue weighted by Gasteiger charge is 2.18. The molecule has 2 N–H and O–H groups in total. The van der Waals surface area contributed by atoms with Crippen LogP contribution in [0.25, 0.3) is 0 Å². The molecule has 1 aromatic rings. The molecular formula is C12H17N. The minimum atomic E-state index is 0.806. The molecule has 1 saturated carbocycles. The Morgan fingerprint density at radius 2 is 1.92 bits per heavy atom. The van der Waals surface area contributed by atoms with E-state index in [1.165, 1.54) is 36.8 Å². The van der Waals surface area contributed by atoms with Gasteiger partial charge in [-0.3, -0.25) is 0 Å². The Kier molecular flexibility index (Phi) is 2.26. The SMILES string of the molecule is Cc1cc(N)ccc1C1CCCC1. The molecule has 0 spiro atoms. The average molecular weight is 175 g/mol. The monoisotopic (exact) mass is 175 g/mol. The summed E-state index contributed by atoms with van der Waals surface area (Å²) in [6.07, 6.45) is 5.53. The van der Waals surface area contributed by atoms with Crippen molar-refractivity contribution in [2.45, 2.75) is 38.5 Å². The molecule has 0 amide bonds. The van der Waals surface area contributed by atoms with E-state index >= 15 is 0 Å². The predicted molar refractivity (Wildman–Crippen MR) is 56.8 cm³/mol. The first-order chi connectivity index (χ1) is 6.27. The van der Waals surface area contributed by atoms with Gasteiger partial charge in [-0.05, 0) is 48.9 Å². The second kappa shape index (κ2) is 3.41. The number of rotatable bonds is 1. The Morgan fingerprint density at radius 1 is 1.23 bits per heavy atom. The molecule has 13 heavy (non-hydrogen) atoms. The van der Waals surface area contributed by atoms with Gasteiger partial charge in [-0.1, -0.05) is 18.9 Å². The van der Waals surface area contributed by atoms with Crippen molar-refractivity contribution in [1.29, 1.82) is 0 Å². The molecule has 1 nitrogen and oxygen atoms in total. The van der Waals surface area contributed by atoms with Crippen LogP contribution in [0.3, 0.4) is 0 Å². The third-order valence-electron chi connectivity index (χ3n) is 3.09. The molecule has 1 aromatic carbocycles. The van der Waals surface area contributed by atoms with Crippen LogP contribution in [0.4, 0.5) is 5.69 Å². The van der Waals surface area contributed by atoms with Gasteiger partial charge in [0.25, 0.3) is 0 Å². The smallest absolute Gasteiger partial charge is 0.0316 e. The summed E-state index contributed by atoms with van der Waals surface area (Å²) < 4.78 is 0. The quantitative estimate of drug-likeness (QED) is 0.651. The van der Waals surface area contributed by atoms with E-state index in [2.05, 4.69) is 19.1 Å². The molecule has 0 unspecified atom stereocenters. The number of hydrogen-bond donors (Lipinski definition) is 1. The Labute approximate surface area is 80.0 Å². The molecule has 0 bridgehead atoms. The van der Waals surface area contributed by atoms with Gasteiger partial charge in [0.15, 0.2) is 0 Å². The predicted octanol–water partition coefficient (Wildman–Crippen LogP) is 3.23. The van der Waals surface area contributed by atoms with Crippen molar-refractivity contribution in [3.63, 3.8) is 0 Å². The summed E-state index contributed by atoms with van der Waals surface area (Å²) in [6.45, 7) is 2.17. The largest absolute Gasteiger partial charge is 0.399 e. The van der Waals surface area contributed by atoms with Gasteiger partial charge in [0.1, 0.15) is 0 Å². The third-order valence-corrected chi connectivity index (χ3v) is 3.09. The lowest BCUT2D eigenvalue weighted by atomic mass is 9.93. The lowest BCUT2D eigenvalue weighted by molar-refractivity contribution is 0.718. The van der Waals surface area contributed by atoms with Crippen LogP contribution in [0, 0.1) is 6.92 Å². The standard InChI is InChI=1S/C12H17N/c1-9-8-11(13)6-7-12(9)10-4-2-3-5-10/h6-8,10H,2-5,13H2,1H3. The molecule has 0 aliphatic heterocycles. The fourth-order valence-electron chi connectivity index (χ4n) is 2.39. The lowest BCUT2D eigenvalue weighted by Crippen LogP contribution is -1.97. The topological polar surface area (TPSA) is 26.0 Å². The molecule has 1 aliphatic carbocycles. The zero-order valence-electron chi connectivity index (χ0n) is 8.22. The normalized spacial score (nSPS) is 17.9. The average Bonchev–Trinajstić information content (AvgIpc) is 2.56. The van der Waals surface area contributed by atoms with Gasteiger partial charge in [-0.25, -0.2) is 0 Å². The fraction of sp³-hybridized carbons (Fsp3) is 0.500. The molecular weight excluding hydrogens is 158 g/mol. The molecule has 0 radical (unpaired) electrons. The van der Waals surface area contributed by atoms with Crippen molar-refractivity contribution in [2.75, 3.05) is 5.73 Å². The maximum absolute atomic E-state index is 5.73. The van der Waals surface area contributed by atoms with Crippen LogP contribution in [0.2, 0.25) is 0 Å². The van der Waals surface area contributed by atoms with Crippen LogP contribution >= 0.6 is 0 Å².